The van der Waals surface area contributed by atoms with Gasteiger partial charge in [-0.05, 0) is 45.0 Å². The van der Waals surface area contributed by atoms with E-state index in [1.165, 1.54) is 11.1 Å². The van der Waals surface area contributed by atoms with E-state index in [9.17, 15) is 0 Å². The molecule has 0 aliphatic heterocycles. The van der Waals surface area contributed by atoms with Crippen LogP contribution < -0.4 is 10.1 Å². The summed E-state index contributed by atoms with van der Waals surface area (Å²) < 4.78 is 11.0. The Kier molecular flexibility index (Phi) is 3.96. The molecule has 1 heterocycles. The second-order valence-corrected chi connectivity index (χ2v) is 4.78. The van der Waals surface area contributed by atoms with Gasteiger partial charge < -0.3 is 14.5 Å². The third-order valence-electron chi connectivity index (χ3n) is 3.72. The Balaban J connectivity index is 2.56. The Bertz CT molecular complexity index is 572. The highest BCUT2D eigenvalue weighted by atomic mass is 16.5. The van der Waals surface area contributed by atoms with Crippen molar-refractivity contribution in [2.24, 2.45) is 0 Å². The highest BCUT2D eigenvalue weighted by Gasteiger charge is 2.21. The van der Waals surface area contributed by atoms with Gasteiger partial charge in [-0.2, -0.15) is 0 Å². The summed E-state index contributed by atoms with van der Waals surface area (Å²) in [5.74, 6) is 1.87. The summed E-state index contributed by atoms with van der Waals surface area (Å²) in [6, 6.07) is 6.33. The van der Waals surface area contributed by atoms with Gasteiger partial charge in [0, 0.05) is 11.1 Å². The number of ether oxygens (including phenoxy) is 1. The highest BCUT2D eigenvalue weighted by molar-refractivity contribution is 5.49. The number of furan rings is 1. The molecule has 1 atom stereocenters. The molecule has 0 aliphatic rings. The standard InChI is InChI=1S/C16H21NO2/c1-10-6-7-14(16(18-5)11(10)2)15(17-4)13-8-9-19-12(13)3/h6-9,15,17H,1-5H3. The van der Waals surface area contributed by atoms with Gasteiger partial charge in [0.05, 0.1) is 19.4 Å². The first kappa shape index (κ1) is 13.7. The van der Waals surface area contributed by atoms with Crippen molar-refractivity contribution in [1.29, 1.82) is 0 Å². The minimum absolute atomic E-state index is 0.0769. The molecule has 0 saturated heterocycles. The van der Waals surface area contributed by atoms with Crippen LogP contribution in [0.15, 0.2) is 28.9 Å². The number of nitrogens with one attached hydrogen (secondary N) is 1. The van der Waals surface area contributed by atoms with Crippen LogP contribution in [-0.2, 0) is 0 Å². The molecular formula is C16H21NO2. The summed E-state index contributed by atoms with van der Waals surface area (Å²) in [4.78, 5) is 0. The molecule has 1 aromatic heterocycles. The van der Waals surface area contributed by atoms with E-state index < -0.39 is 0 Å². The van der Waals surface area contributed by atoms with Crippen molar-refractivity contribution >= 4 is 0 Å². The second kappa shape index (κ2) is 5.49. The third-order valence-corrected chi connectivity index (χ3v) is 3.72. The topological polar surface area (TPSA) is 34.4 Å². The Labute approximate surface area is 114 Å². The predicted molar refractivity (Wildman–Crippen MR) is 76.8 cm³/mol. The summed E-state index contributed by atoms with van der Waals surface area (Å²) >= 11 is 0. The van der Waals surface area contributed by atoms with Gasteiger partial charge in [0.25, 0.3) is 0 Å². The molecule has 0 bridgehead atoms. The van der Waals surface area contributed by atoms with Gasteiger partial charge in [-0.3, -0.25) is 0 Å². The van der Waals surface area contributed by atoms with E-state index in [0.29, 0.717) is 0 Å². The first-order valence-corrected chi connectivity index (χ1v) is 6.45. The molecule has 3 nitrogen and oxygen atoms in total. The summed E-state index contributed by atoms with van der Waals surface area (Å²) in [6.45, 7) is 6.17. The fraction of sp³-hybridized carbons (Fsp3) is 0.375. The highest BCUT2D eigenvalue weighted by Crippen LogP contribution is 2.35. The van der Waals surface area contributed by atoms with Crippen LogP contribution in [0.25, 0.3) is 0 Å². The molecular weight excluding hydrogens is 238 g/mol. The van der Waals surface area contributed by atoms with Crippen molar-refractivity contribution in [3.8, 4) is 5.75 Å². The van der Waals surface area contributed by atoms with Crippen LogP contribution in [0.3, 0.4) is 0 Å². The second-order valence-electron chi connectivity index (χ2n) is 4.78. The zero-order chi connectivity index (χ0) is 14.0. The van der Waals surface area contributed by atoms with Crippen molar-refractivity contribution in [3.05, 3.63) is 52.5 Å². The van der Waals surface area contributed by atoms with Gasteiger partial charge >= 0.3 is 0 Å². The largest absolute Gasteiger partial charge is 0.496 e. The van der Waals surface area contributed by atoms with E-state index in [4.69, 9.17) is 9.15 Å². The summed E-state index contributed by atoms with van der Waals surface area (Å²) in [7, 11) is 3.67. The van der Waals surface area contributed by atoms with Crippen LogP contribution in [0.2, 0.25) is 0 Å². The molecule has 19 heavy (non-hydrogen) atoms. The first-order chi connectivity index (χ1) is 9.10. The van der Waals surface area contributed by atoms with Crippen molar-refractivity contribution < 1.29 is 9.15 Å². The van der Waals surface area contributed by atoms with Crippen molar-refractivity contribution in [2.45, 2.75) is 26.8 Å². The normalized spacial score (nSPS) is 12.5. The molecule has 0 spiro atoms. The van der Waals surface area contributed by atoms with Gasteiger partial charge in [-0.1, -0.05) is 12.1 Å². The molecule has 2 aromatic rings. The lowest BCUT2D eigenvalue weighted by Crippen LogP contribution is -2.19. The first-order valence-electron chi connectivity index (χ1n) is 6.45. The molecule has 0 amide bonds. The van der Waals surface area contributed by atoms with Gasteiger partial charge in [0.15, 0.2) is 0 Å². The smallest absolute Gasteiger partial charge is 0.127 e. The number of hydrogen-bond acceptors (Lipinski definition) is 3. The monoisotopic (exact) mass is 259 g/mol. The number of benzene rings is 1. The maximum Gasteiger partial charge on any atom is 0.127 e. The van der Waals surface area contributed by atoms with E-state index in [2.05, 4.69) is 31.3 Å². The molecule has 1 aromatic carbocycles. The van der Waals surface area contributed by atoms with E-state index in [1.807, 2.05) is 20.0 Å². The van der Waals surface area contributed by atoms with Crippen molar-refractivity contribution in [1.82, 2.24) is 5.32 Å². The molecule has 0 aliphatic carbocycles. The third kappa shape index (κ3) is 2.38. The molecule has 102 valence electrons. The minimum Gasteiger partial charge on any atom is -0.496 e. The number of hydrogen-bond donors (Lipinski definition) is 1. The van der Waals surface area contributed by atoms with Crippen LogP contribution in [-0.4, -0.2) is 14.2 Å². The Morgan fingerprint density at radius 1 is 1.11 bits per heavy atom. The van der Waals surface area contributed by atoms with E-state index >= 15 is 0 Å². The maximum absolute atomic E-state index is 5.61. The lowest BCUT2D eigenvalue weighted by molar-refractivity contribution is 0.401. The minimum atomic E-state index is 0.0769. The Morgan fingerprint density at radius 2 is 1.84 bits per heavy atom. The number of aryl methyl sites for hydroxylation is 2. The summed E-state index contributed by atoms with van der Waals surface area (Å²) in [6.07, 6.45) is 1.72. The lowest BCUT2D eigenvalue weighted by atomic mass is 9.94. The van der Waals surface area contributed by atoms with Crippen LogP contribution >= 0.6 is 0 Å². The van der Waals surface area contributed by atoms with Crippen LogP contribution in [0.1, 0.15) is 34.1 Å². The van der Waals surface area contributed by atoms with E-state index in [-0.39, 0.29) is 6.04 Å². The van der Waals surface area contributed by atoms with Crippen LogP contribution in [0.5, 0.6) is 5.75 Å². The molecule has 3 heteroatoms. The van der Waals surface area contributed by atoms with Crippen molar-refractivity contribution in [2.75, 3.05) is 14.2 Å². The Hall–Kier alpha value is -1.74. The molecule has 0 fully saturated rings. The number of rotatable bonds is 4. The van der Waals surface area contributed by atoms with Crippen LogP contribution in [0, 0.1) is 20.8 Å². The zero-order valence-electron chi connectivity index (χ0n) is 12.2. The van der Waals surface area contributed by atoms with Crippen molar-refractivity contribution in [3.63, 3.8) is 0 Å². The van der Waals surface area contributed by atoms with Crippen LogP contribution in [0.4, 0.5) is 0 Å². The molecule has 1 N–H and O–H groups in total. The molecule has 0 saturated carbocycles. The molecule has 1 unspecified atom stereocenters. The van der Waals surface area contributed by atoms with E-state index in [0.717, 1.165) is 22.6 Å². The van der Waals surface area contributed by atoms with Gasteiger partial charge in [0.2, 0.25) is 0 Å². The summed E-state index contributed by atoms with van der Waals surface area (Å²) in [5, 5.41) is 3.34. The van der Waals surface area contributed by atoms with Gasteiger partial charge in [-0.25, -0.2) is 0 Å². The quantitative estimate of drug-likeness (QED) is 0.912. The van der Waals surface area contributed by atoms with E-state index in [1.54, 1.807) is 13.4 Å². The fourth-order valence-corrected chi connectivity index (χ4v) is 2.48. The average Bonchev–Trinajstić information content (AvgIpc) is 2.81. The number of methoxy groups -OCH3 is 1. The average molecular weight is 259 g/mol. The zero-order valence-corrected chi connectivity index (χ0v) is 12.2. The molecule has 0 radical (unpaired) electrons. The molecule has 2 rings (SSSR count). The van der Waals surface area contributed by atoms with Gasteiger partial charge in [-0.15, -0.1) is 0 Å². The lowest BCUT2D eigenvalue weighted by Gasteiger charge is -2.21. The SMILES string of the molecule is CNC(c1ccoc1C)c1ccc(C)c(C)c1OC. The Morgan fingerprint density at radius 3 is 2.37 bits per heavy atom. The fourth-order valence-electron chi connectivity index (χ4n) is 2.48. The summed E-state index contributed by atoms with van der Waals surface area (Å²) in [5.41, 5.74) is 4.70. The predicted octanol–water partition coefficient (Wildman–Crippen LogP) is 3.52. The maximum atomic E-state index is 5.61. The van der Waals surface area contributed by atoms with Gasteiger partial charge in [0.1, 0.15) is 11.5 Å².